The van der Waals surface area contributed by atoms with Crippen LogP contribution in [0.1, 0.15) is 36.0 Å². The van der Waals surface area contributed by atoms with Crippen molar-refractivity contribution in [3.63, 3.8) is 0 Å². The number of fused-ring (bicyclic) bond motifs is 1. The van der Waals surface area contributed by atoms with Crippen molar-refractivity contribution in [3.05, 3.63) is 53.0 Å². The van der Waals surface area contributed by atoms with Crippen molar-refractivity contribution in [1.82, 2.24) is 5.32 Å². The van der Waals surface area contributed by atoms with Crippen LogP contribution < -0.4 is 5.32 Å². The number of aryl methyl sites for hydroxylation is 2. The average Bonchev–Trinajstić information content (AvgIpc) is 3.12. The molecule has 1 aromatic heterocycles. The molecule has 0 aliphatic heterocycles. The van der Waals surface area contributed by atoms with Gasteiger partial charge in [-0.2, -0.15) is 0 Å². The molecule has 1 aliphatic rings. The SMILES string of the molecule is CCNCc1ccc(CS(=O)c2ccc3c(c2)CCC3)o1. The molecule has 1 unspecified atom stereocenters. The molecule has 0 saturated carbocycles. The highest BCUT2D eigenvalue weighted by atomic mass is 32.2. The molecule has 3 nitrogen and oxygen atoms in total. The Morgan fingerprint density at radius 3 is 2.81 bits per heavy atom. The Morgan fingerprint density at radius 2 is 1.95 bits per heavy atom. The zero-order valence-corrected chi connectivity index (χ0v) is 13.2. The normalized spacial score (nSPS) is 15.1. The Kier molecular flexibility index (Phi) is 4.56. The molecule has 0 saturated heterocycles. The van der Waals surface area contributed by atoms with Crippen LogP contribution >= 0.6 is 0 Å². The van der Waals surface area contributed by atoms with Crippen molar-refractivity contribution in [2.45, 2.75) is 43.4 Å². The maximum absolute atomic E-state index is 12.5. The zero-order valence-electron chi connectivity index (χ0n) is 12.4. The largest absolute Gasteiger partial charge is 0.464 e. The van der Waals surface area contributed by atoms with Gasteiger partial charge < -0.3 is 9.73 Å². The molecule has 1 atom stereocenters. The predicted octanol–water partition coefficient (Wildman–Crippen LogP) is 3.19. The van der Waals surface area contributed by atoms with E-state index in [9.17, 15) is 4.21 Å². The third kappa shape index (κ3) is 3.44. The number of rotatable bonds is 6. The topological polar surface area (TPSA) is 42.2 Å². The van der Waals surface area contributed by atoms with Crippen molar-refractivity contribution >= 4 is 10.8 Å². The van der Waals surface area contributed by atoms with Gasteiger partial charge in [-0.3, -0.25) is 4.21 Å². The van der Waals surface area contributed by atoms with Gasteiger partial charge in [0.1, 0.15) is 11.5 Å². The summed E-state index contributed by atoms with van der Waals surface area (Å²) in [6.45, 7) is 3.70. The van der Waals surface area contributed by atoms with Crippen LogP contribution in [-0.4, -0.2) is 10.8 Å². The van der Waals surface area contributed by atoms with Crippen LogP contribution in [0.15, 0.2) is 39.6 Å². The molecule has 0 radical (unpaired) electrons. The van der Waals surface area contributed by atoms with E-state index in [0.29, 0.717) is 5.75 Å². The first-order valence-electron chi connectivity index (χ1n) is 7.54. The summed E-state index contributed by atoms with van der Waals surface area (Å²) in [5.74, 6) is 2.14. The van der Waals surface area contributed by atoms with Crippen molar-refractivity contribution in [2.75, 3.05) is 6.54 Å². The van der Waals surface area contributed by atoms with Gasteiger partial charge in [0.15, 0.2) is 0 Å². The maximum atomic E-state index is 12.5. The maximum Gasteiger partial charge on any atom is 0.118 e. The summed E-state index contributed by atoms with van der Waals surface area (Å²) >= 11 is 0. The Hall–Kier alpha value is -1.39. The van der Waals surface area contributed by atoms with Gasteiger partial charge in [-0.1, -0.05) is 13.0 Å². The molecule has 0 spiro atoms. The summed E-state index contributed by atoms with van der Waals surface area (Å²) in [6, 6.07) is 10.1. The van der Waals surface area contributed by atoms with Crippen LogP contribution in [0.3, 0.4) is 0 Å². The zero-order chi connectivity index (χ0) is 14.7. The summed E-state index contributed by atoms with van der Waals surface area (Å²) in [7, 11) is -1.03. The summed E-state index contributed by atoms with van der Waals surface area (Å²) in [4.78, 5) is 0.917. The number of benzene rings is 1. The lowest BCUT2D eigenvalue weighted by molar-refractivity contribution is 0.461. The van der Waals surface area contributed by atoms with Gasteiger partial charge in [0.05, 0.1) is 23.1 Å². The molecule has 4 heteroatoms. The second-order valence-corrected chi connectivity index (χ2v) is 6.87. The highest BCUT2D eigenvalue weighted by molar-refractivity contribution is 7.84. The minimum atomic E-state index is -1.03. The van der Waals surface area contributed by atoms with Crippen LogP contribution in [0.25, 0.3) is 0 Å². The lowest BCUT2D eigenvalue weighted by Crippen LogP contribution is -2.10. The standard InChI is InChI=1S/C17H21NO2S/c1-2-18-11-15-7-8-16(20-15)12-21(19)17-9-6-13-4-3-5-14(13)10-17/h6-10,18H,2-5,11-12H2,1H3. The molecule has 1 heterocycles. The second kappa shape index (κ2) is 6.58. The quantitative estimate of drug-likeness (QED) is 0.891. The minimum absolute atomic E-state index is 0.449. The Balaban J connectivity index is 1.67. The number of furan rings is 1. The first-order chi connectivity index (χ1) is 10.3. The first-order valence-corrected chi connectivity index (χ1v) is 8.86. The lowest BCUT2D eigenvalue weighted by atomic mass is 10.1. The van der Waals surface area contributed by atoms with E-state index in [2.05, 4.69) is 24.4 Å². The Morgan fingerprint density at radius 1 is 1.14 bits per heavy atom. The molecule has 112 valence electrons. The van der Waals surface area contributed by atoms with E-state index in [1.165, 1.54) is 17.5 Å². The third-order valence-corrected chi connectivity index (χ3v) is 5.20. The molecule has 0 fully saturated rings. The molecular formula is C17H21NO2S. The Labute approximate surface area is 128 Å². The molecule has 2 aromatic rings. The summed E-state index contributed by atoms with van der Waals surface area (Å²) in [5.41, 5.74) is 2.79. The molecule has 21 heavy (non-hydrogen) atoms. The first kappa shape index (κ1) is 14.5. The summed E-state index contributed by atoms with van der Waals surface area (Å²) in [5, 5.41) is 3.22. The van der Waals surface area contributed by atoms with Crippen LogP contribution in [0.2, 0.25) is 0 Å². The smallest absolute Gasteiger partial charge is 0.118 e. The van der Waals surface area contributed by atoms with E-state index in [1.54, 1.807) is 0 Å². The van der Waals surface area contributed by atoms with Gasteiger partial charge in [-0.05, 0) is 61.2 Å². The van der Waals surface area contributed by atoms with Gasteiger partial charge >= 0.3 is 0 Å². The van der Waals surface area contributed by atoms with Crippen molar-refractivity contribution in [1.29, 1.82) is 0 Å². The van der Waals surface area contributed by atoms with E-state index in [1.807, 2.05) is 18.2 Å². The second-order valence-electron chi connectivity index (χ2n) is 5.42. The van der Waals surface area contributed by atoms with E-state index in [-0.39, 0.29) is 0 Å². The van der Waals surface area contributed by atoms with Gasteiger partial charge in [0.25, 0.3) is 0 Å². The monoisotopic (exact) mass is 303 g/mol. The summed E-state index contributed by atoms with van der Waals surface area (Å²) < 4.78 is 18.2. The third-order valence-electron chi connectivity index (χ3n) is 3.87. The highest BCUT2D eigenvalue weighted by Gasteiger charge is 2.14. The molecule has 1 aromatic carbocycles. The number of hydrogen-bond donors (Lipinski definition) is 1. The predicted molar refractivity (Wildman–Crippen MR) is 84.7 cm³/mol. The molecular weight excluding hydrogens is 282 g/mol. The molecule has 3 rings (SSSR count). The number of hydrogen-bond acceptors (Lipinski definition) is 3. The number of nitrogens with one attached hydrogen (secondary N) is 1. The highest BCUT2D eigenvalue weighted by Crippen LogP contribution is 2.25. The van der Waals surface area contributed by atoms with Gasteiger partial charge in [0, 0.05) is 4.90 Å². The van der Waals surface area contributed by atoms with Gasteiger partial charge in [-0.25, -0.2) is 0 Å². The van der Waals surface area contributed by atoms with Crippen LogP contribution in [-0.2, 0) is 35.9 Å². The van der Waals surface area contributed by atoms with Gasteiger partial charge in [0.2, 0.25) is 0 Å². The van der Waals surface area contributed by atoms with Crippen LogP contribution in [0, 0.1) is 0 Å². The average molecular weight is 303 g/mol. The fraction of sp³-hybridized carbons (Fsp3) is 0.412. The van der Waals surface area contributed by atoms with E-state index < -0.39 is 10.8 Å². The van der Waals surface area contributed by atoms with Crippen LogP contribution in [0.5, 0.6) is 0 Å². The van der Waals surface area contributed by atoms with Crippen molar-refractivity contribution < 1.29 is 8.63 Å². The minimum Gasteiger partial charge on any atom is -0.464 e. The van der Waals surface area contributed by atoms with E-state index in [0.717, 1.165) is 42.3 Å². The molecule has 1 N–H and O–H groups in total. The molecule has 0 amide bonds. The van der Waals surface area contributed by atoms with Gasteiger partial charge in [-0.15, -0.1) is 0 Å². The molecule has 1 aliphatic carbocycles. The Bertz CT molecular complexity index is 648. The van der Waals surface area contributed by atoms with E-state index >= 15 is 0 Å². The summed E-state index contributed by atoms with van der Waals surface area (Å²) in [6.07, 6.45) is 3.50. The fourth-order valence-corrected chi connectivity index (χ4v) is 3.82. The van der Waals surface area contributed by atoms with E-state index in [4.69, 9.17) is 4.42 Å². The van der Waals surface area contributed by atoms with Crippen LogP contribution in [0.4, 0.5) is 0 Å². The van der Waals surface area contributed by atoms with Crippen molar-refractivity contribution in [2.24, 2.45) is 0 Å². The molecule has 0 bridgehead atoms. The van der Waals surface area contributed by atoms with Crippen molar-refractivity contribution in [3.8, 4) is 0 Å². The fourth-order valence-electron chi connectivity index (χ4n) is 2.75. The lowest BCUT2D eigenvalue weighted by Gasteiger charge is -2.04.